The first-order chi connectivity index (χ1) is 18.2. The molecular formula is C32H30Br2S2SiZr. The van der Waals surface area contributed by atoms with E-state index in [2.05, 4.69) is 155 Å². The van der Waals surface area contributed by atoms with E-state index in [1.165, 1.54) is 39.5 Å². The number of thioether (sulfide) groups is 2. The van der Waals surface area contributed by atoms with Gasteiger partial charge in [-0.05, 0) is 0 Å². The van der Waals surface area contributed by atoms with E-state index in [4.69, 9.17) is 0 Å². The van der Waals surface area contributed by atoms with E-state index in [0.29, 0.717) is 10.5 Å². The Labute approximate surface area is 257 Å². The quantitative estimate of drug-likeness (QED) is 0.285. The Morgan fingerprint density at radius 1 is 0.684 bits per heavy atom. The van der Waals surface area contributed by atoms with Gasteiger partial charge in [-0.1, -0.05) is 0 Å². The zero-order valence-electron chi connectivity index (χ0n) is 22.1. The number of hydrogen-bond donors (Lipinski definition) is 0. The molecule has 2 aromatic rings. The van der Waals surface area contributed by atoms with E-state index in [0.717, 1.165) is 0 Å². The van der Waals surface area contributed by atoms with Gasteiger partial charge in [0.05, 0.1) is 0 Å². The van der Waals surface area contributed by atoms with Crippen molar-refractivity contribution in [3.8, 4) is 0 Å². The van der Waals surface area contributed by atoms with Gasteiger partial charge in [-0.2, -0.15) is 0 Å². The summed E-state index contributed by atoms with van der Waals surface area (Å²) in [7, 11) is -1.86. The van der Waals surface area contributed by atoms with Gasteiger partial charge in [0, 0.05) is 0 Å². The zero-order chi connectivity index (χ0) is 26.4. The van der Waals surface area contributed by atoms with Gasteiger partial charge < -0.3 is 0 Å². The predicted octanol–water partition coefficient (Wildman–Crippen LogP) is 10.2. The molecule has 0 aromatic heterocycles. The summed E-state index contributed by atoms with van der Waals surface area (Å²) < 4.78 is 8.69. The SMILES string of the molecule is CC1=C2C3S[C](=C(Br)C3=C1)[Zr]([CH2]c1ccccc1)([CH2]c1ccccc1)[C]1=C(Br)C3=CC(C)=C(C3S1)[Si]2(C)C. The van der Waals surface area contributed by atoms with E-state index in [1.807, 2.05) is 0 Å². The second-order valence-electron chi connectivity index (χ2n) is 11.7. The Bertz CT molecular complexity index is 1460. The molecule has 0 radical (unpaired) electrons. The van der Waals surface area contributed by atoms with Crippen LogP contribution in [0.1, 0.15) is 25.0 Å². The summed E-state index contributed by atoms with van der Waals surface area (Å²) in [6.07, 6.45) is 5.08. The van der Waals surface area contributed by atoms with Gasteiger partial charge in [0.25, 0.3) is 0 Å². The average molecular weight is 758 g/mol. The summed E-state index contributed by atoms with van der Waals surface area (Å²) in [5.74, 6) is 0. The summed E-state index contributed by atoms with van der Waals surface area (Å²) in [6.45, 7) is 10.0. The van der Waals surface area contributed by atoms with Crippen LogP contribution >= 0.6 is 55.4 Å². The summed E-state index contributed by atoms with van der Waals surface area (Å²) in [4.78, 5) is 0. The molecule has 0 N–H and O–H groups in total. The third-order valence-electron chi connectivity index (χ3n) is 8.97. The van der Waals surface area contributed by atoms with Gasteiger partial charge in [-0.15, -0.1) is 0 Å². The molecule has 0 saturated carbocycles. The second-order valence-corrected chi connectivity index (χ2v) is 31.1. The van der Waals surface area contributed by atoms with Crippen LogP contribution in [0.15, 0.2) is 120 Å². The molecule has 0 spiro atoms. The Morgan fingerprint density at radius 2 is 1.08 bits per heavy atom. The molecule has 0 nitrogen and oxygen atoms in total. The van der Waals surface area contributed by atoms with Crippen LogP contribution in [0.4, 0.5) is 0 Å². The first-order valence-electron chi connectivity index (χ1n) is 13.3. The van der Waals surface area contributed by atoms with E-state index < -0.39 is 28.3 Å². The maximum atomic E-state index is 4.29. The summed E-state index contributed by atoms with van der Waals surface area (Å²) >= 11 is 9.69. The van der Waals surface area contributed by atoms with Crippen molar-refractivity contribution in [2.75, 3.05) is 0 Å². The topological polar surface area (TPSA) is 0 Å². The molecule has 0 amide bonds. The Balaban J connectivity index is 1.54. The van der Waals surface area contributed by atoms with Crippen LogP contribution in [-0.2, 0) is 28.5 Å². The molecular weight excluding hydrogens is 728 g/mol. The summed E-state index contributed by atoms with van der Waals surface area (Å²) in [5, 5.41) is 4.49. The molecule has 192 valence electrons. The molecule has 2 aromatic carbocycles. The maximum absolute atomic E-state index is 4.29. The van der Waals surface area contributed by atoms with Gasteiger partial charge in [0.1, 0.15) is 0 Å². The molecule has 3 heterocycles. The molecule has 5 aliphatic rings. The Kier molecular flexibility index (Phi) is 6.70. The van der Waals surface area contributed by atoms with Crippen molar-refractivity contribution in [3.05, 3.63) is 131 Å². The molecule has 1 fully saturated rings. The van der Waals surface area contributed by atoms with Crippen molar-refractivity contribution in [2.45, 2.75) is 45.7 Å². The molecule has 1 saturated heterocycles. The van der Waals surface area contributed by atoms with Crippen LogP contribution in [0, 0.1) is 0 Å². The number of benzene rings is 2. The van der Waals surface area contributed by atoms with Crippen LogP contribution in [0.25, 0.3) is 0 Å². The summed E-state index contributed by atoms with van der Waals surface area (Å²) in [5.41, 5.74) is 9.13. The Morgan fingerprint density at radius 3 is 1.47 bits per heavy atom. The van der Waals surface area contributed by atoms with Crippen molar-refractivity contribution < 1.29 is 20.3 Å². The van der Waals surface area contributed by atoms with Crippen molar-refractivity contribution in [2.24, 2.45) is 0 Å². The molecule has 38 heavy (non-hydrogen) atoms. The number of rotatable bonds is 4. The fourth-order valence-corrected chi connectivity index (χ4v) is 40.4. The van der Waals surface area contributed by atoms with Crippen LogP contribution in [-0.4, -0.2) is 18.6 Å². The van der Waals surface area contributed by atoms with Gasteiger partial charge in [-0.3, -0.25) is 0 Å². The van der Waals surface area contributed by atoms with E-state index in [1.54, 1.807) is 26.8 Å². The van der Waals surface area contributed by atoms with E-state index >= 15 is 0 Å². The van der Waals surface area contributed by atoms with Crippen molar-refractivity contribution in [1.29, 1.82) is 0 Å². The fourth-order valence-electron chi connectivity index (χ4n) is 7.51. The van der Waals surface area contributed by atoms with Crippen LogP contribution in [0.2, 0.25) is 13.1 Å². The van der Waals surface area contributed by atoms with Crippen LogP contribution in [0.3, 0.4) is 0 Å². The molecule has 2 atom stereocenters. The predicted molar refractivity (Wildman–Crippen MR) is 174 cm³/mol. The Hall–Kier alpha value is -0.360. The average Bonchev–Trinajstić information content (AvgIpc) is 3.59. The molecule has 4 bridgehead atoms. The monoisotopic (exact) mass is 754 g/mol. The molecule has 2 aliphatic carbocycles. The number of fused-ring (bicyclic) bond motifs is 2. The second kappa shape index (κ2) is 9.60. The zero-order valence-corrected chi connectivity index (χ0v) is 30.3. The van der Waals surface area contributed by atoms with Crippen LogP contribution < -0.4 is 0 Å². The van der Waals surface area contributed by atoms with E-state index in [9.17, 15) is 0 Å². The fraction of sp³-hybridized carbons (Fsp3) is 0.250. The van der Waals surface area contributed by atoms with Gasteiger partial charge in [0.15, 0.2) is 0 Å². The third-order valence-corrected chi connectivity index (χ3v) is 36.7. The molecule has 6 heteroatoms. The normalized spacial score (nSPS) is 26.5. The van der Waals surface area contributed by atoms with Crippen molar-refractivity contribution >= 4 is 63.5 Å². The molecule has 7 rings (SSSR count). The van der Waals surface area contributed by atoms with Gasteiger partial charge in [-0.25, -0.2) is 0 Å². The third kappa shape index (κ3) is 3.83. The minimum atomic E-state index is -3.38. The molecule has 2 unspecified atom stereocenters. The van der Waals surface area contributed by atoms with Gasteiger partial charge >= 0.3 is 260 Å². The molecule has 3 aliphatic heterocycles. The van der Waals surface area contributed by atoms with Crippen molar-refractivity contribution in [3.63, 3.8) is 0 Å². The number of halogens is 2. The minimum absolute atomic E-state index is 0.481. The number of allylic oxidation sites excluding steroid dienone is 6. The van der Waals surface area contributed by atoms with Crippen LogP contribution in [0.5, 0.6) is 0 Å². The first-order valence-corrected chi connectivity index (χ1v) is 25.6. The van der Waals surface area contributed by atoms with Crippen molar-refractivity contribution in [1.82, 2.24) is 0 Å². The summed E-state index contributed by atoms with van der Waals surface area (Å²) in [6, 6.07) is 22.7. The number of hydrogen-bond acceptors (Lipinski definition) is 2. The first kappa shape index (κ1) is 26.5. The van der Waals surface area contributed by atoms with Gasteiger partial charge in [0.2, 0.25) is 0 Å². The standard InChI is InChI=1S/C18H16Br2S2Si.2C7H7.Zr/c1-9-5-11-13(19)7-21-15(11)17(9)23(3,4)18-10(2)6-12-14(20)8-22-16(12)18;2*1-7-5-3-2-4-6-7;/h5-6,15-16H,1-4H3;2*2-6H,1H2;. The van der Waals surface area contributed by atoms with E-state index in [-0.39, 0.29) is 0 Å².